The summed E-state index contributed by atoms with van der Waals surface area (Å²) in [4.78, 5) is 32.7. The second kappa shape index (κ2) is 7.95. The lowest BCUT2D eigenvalue weighted by molar-refractivity contribution is -0.386. The van der Waals surface area contributed by atoms with Crippen molar-refractivity contribution in [2.75, 3.05) is 20.3 Å². The highest BCUT2D eigenvalue weighted by Crippen LogP contribution is 2.28. The minimum atomic E-state index is -0.942. The third kappa shape index (κ3) is 4.84. The molecule has 0 spiro atoms. The standard InChI is InChI=1S/C13H16N2O6/c1-9(13(17)14-5-6-20-2)21-12-7-10(8-16)3-4-11(12)15(18)19/h3-4,7-9H,5-6H2,1-2H3,(H,14,17). The predicted molar refractivity (Wildman–Crippen MR) is 73.5 cm³/mol. The van der Waals surface area contributed by atoms with Gasteiger partial charge < -0.3 is 14.8 Å². The van der Waals surface area contributed by atoms with Crippen LogP contribution < -0.4 is 10.1 Å². The Hall–Kier alpha value is -2.48. The Bertz CT molecular complexity index is 531. The third-order valence-corrected chi connectivity index (χ3v) is 2.60. The molecule has 0 saturated carbocycles. The quantitative estimate of drug-likeness (QED) is 0.331. The normalized spacial score (nSPS) is 11.5. The summed E-state index contributed by atoms with van der Waals surface area (Å²) in [6.45, 7) is 2.11. The smallest absolute Gasteiger partial charge is 0.310 e. The molecular formula is C13H16N2O6. The van der Waals surface area contributed by atoms with Crippen LogP contribution in [0.5, 0.6) is 5.75 Å². The fourth-order valence-corrected chi connectivity index (χ4v) is 1.51. The first kappa shape index (κ1) is 16.6. The van der Waals surface area contributed by atoms with Crippen molar-refractivity contribution in [3.63, 3.8) is 0 Å². The van der Waals surface area contributed by atoms with Gasteiger partial charge in [0.25, 0.3) is 5.91 Å². The summed E-state index contributed by atoms with van der Waals surface area (Å²) < 4.78 is 10.1. The molecule has 21 heavy (non-hydrogen) atoms. The van der Waals surface area contributed by atoms with E-state index < -0.39 is 16.9 Å². The highest BCUT2D eigenvalue weighted by Gasteiger charge is 2.21. The van der Waals surface area contributed by atoms with Gasteiger partial charge in [-0.1, -0.05) is 0 Å². The molecule has 1 aromatic rings. The number of benzene rings is 1. The Labute approximate surface area is 121 Å². The Morgan fingerprint density at radius 3 is 2.81 bits per heavy atom. The maximum Gasteiger partial charge on any atom is 0.310 e. The molecule has 1 rings (SSSR count). The summed E-state index contributed by atoms with van der Waals surface area (Å²) in [5, 5.41) is 13.5. The summed E-state index contributed by atoms with van der Waals surface area (Å²) in [5.41, 5.74) is -0.0836. The van der Waals surface area contributed by atoms with Crippen molar-refractivity contribution < 1.29 is 24.0 Å². The number of nitro groups is 1. The fourth-order valence-electron chi connectivity index (χ4n) is 1.51. The van der Waals surface area contributed by atoms with E-state index in [0.29, 0.717) is 19.4 Å². The molecule has 0 saturated heterocycles. The average Bonchev–Trinajstić information content (AvgIpc) is 2.46. The van der Waals surface area contributed by atoms with Crippen molar-refractivity contribution in [2.24, 2.45) is 0 Å². The summed E-state index contributed by atoms with van der Waals surface area (Å²) in [6, 6.07) is 3.69. The Balaban J connectivity index is 2.82. The summed E-state index contributed by atoms with van der Waals surface area (Å²) in [6.07, 6.45) is -0.401. The highest BCUT2D eigenvalue weighted by molar-refractivity contribution is 5.81. The number of methoxy groups -OCH3 is 1. The third-order valence-electron chi connectivity index (χ3n) is 2.60. The Morgan fingerprint density at radius 1 is 1.52 bits per heavy atom. The predicted octanol–water partition coefficient (Wildman–Crippen LogP) is 0.937. The molecule has 1 amide bonds. The van der Waals surface area contributed by atoms with Gasteiger partial charge in [-0.25, -0.2) is 0 Å². The maximum absolute atomic E-state index is 11.7. The number of hydrogen-bond donors (Lipinski definition) is 1. The molecule has 0 fully saturated rings. The van der Waals surface area contributed by atoms with Crippen LogP contribution in [0.25, 0.3) is 0 Å². The second-order valence-corrected chi connectivity index (χ2v) is 4.15. The highest BCUT2D eigenvalue weighted by atomic mass is 16.6. The SMILES string of the molecule is COCCNC(=O)C(C)Oc1cc(C=O)ccc1[N+](=O)[O-]. The van der Waals surface area contributed by atoms with Gasteiger partial charge in [-0.3, -0.25) is 19.7 Å². The molecule has 0 bridgehead atoms. The van der Waals surface area contributed by atoms with E-state index in [2.05, 4.69) is 5.32 Å². The Kier molecular flexibility index (Phi) is 6.28. The van der Waals surface area contributed by atoms with Gasteiger partial charge in [-0.2, -0.15) is 0 Å². The average molecular weight is 296 g/mol. The first-order chi connectivity index (χ1) is 9.99. The fraction of sp³-hybridized carbons (Fsp3) is 0.385. The molecule has 1 N–H and O–H groups in total. The van der Waals surface area contributed by atoms with Crippen molar-refractivity contribution >= 4 is 17.9 Å². The number of carbonyl (C=O) groups is 2. The molecule has 0 aliphatic carbocycles. The van der Waals surface area contributed by atoms with E-state index in [-0.39, 0.29) is 17.0 Å². The number of nitro benzene ring substituents is 1. The molecular weight excluding hydrogens is 280 g/mol. The number of nitrogens with one attached hydrogen (secondary N) is 1. The molecule has 1 unspecified atom stereocenters. The molecule has 0 aliphatic heterocycles. The molecule has 8 heteroatoms. The molecule has 1 aromatic carbocycles. The number of aldehydes is 1. The summed E-state index contributed by atoms with van der Waals surface area (Å²) >= 11 is 0. The lowest BCUT2D eigenvalue weighted by Gasteiger charge is -2.14. The largest absolute Gasteiger partial charge is 0.474 e. The zero-order valence-electron chi connectivity index (χ0n) is 11.7. The van der Waals surface area contributed by atoms with Crippen LogP contribution in [0, 0.1) is 10.1 Å². The molecule has 1 atom stereocenters. The van der Waals surface area contributed by atoms with Gasteiger partial charge in [-0.15, -0.1) is 0 Å². The van der Waals surface area contributed by atoms with E-state index in [9.17, 15) is 19.7 Å². The number of rotatable bonds is 8. The van der Waals surface area contributed by atoms with E-state index >= 15 is 0 Å². The minimum absolute atomic E-state index is 0.126. The van der Waals surface area contributed by atoms with Crippen molar-refractivity contribution in [3.8, 4) is 5.75 Å². The van der Waals surface area contributed by atoms with E-state index in [0.717, 1.165) is 6.07 Å². The van der Waals surface area contributed by atoms with Crippen LogP contribution in [0.4, 0.5) is 5.69 Å². The van der Waals surface area contributed by atoms with Crippen LogP contribution in [-0.2, 0) is 9.53 Å². The first-order valence-electron chi connectivity index (χ1n) is 6.16. The van der Waals surface area contributed by atoms with Crippen LogP contribution in [-0.4, -0.2) is 43.5 Å². The van der Waals surface area contributed by atoms with E-state index in [4.69, 9.17) is 9.47 Å². The maximum atomic E-state index is 11.7. The zero-order valence-corrected chi connectivity index (χ0v) is 11.7. The van der Waals surface area contributed by atoms with Gasteiger partial charge >= 0.3 is 5.69 Å². The van der Waals surface area contributed by atoms with Gasteiger partial charge in [0.15, 0.2) is 11.9 Å². The molecule has 0 radical (unpaired) electrons. The molecule has 114 valence electrons. The van der Waals surface area contributed by atoms with Crippen molar-refractivity contribution in [1.82, 2.24) is 5.32 Å². The van der Waals surface area contributed by atoms with Gasteiger partial charge in [0.2, 0.25) is 0 Å². The number of amides is 1. The minimum Gasteiger partial charge on any atom is -0.474 e. The van der Waals surface area contributed by atoms with Crippen LogP contribution >= 0.6 is 0 Å². The van der Waals surface area contributed by atoms with Crippen LogP contribution in [0.2, 0.25) is 0 Å². The molecule has 0 aromatic heterocycles. The van der Waals surface area contributed by atoms with Gasteiger partial charge in [0.05, 0.1) is 11.5 Å². The number of hydrogen-bond acceptors (Lipinski definition) is 6. The van der Waals surface area contributed by atoms with Gasteiger partial charge in [0, 0.05) is 25.3 Å². The number of carbonyl (C=O) groups excluding carboxylic acids is 2. The van der Waals surface area contributed by atoms with Crippen molar-refractivity contribution in [2.45, 2.75) is 13.0 Å². The monoisotopic (exact) mass is 296 g/mol. The van der Waals surface area contributed by atoms with Gasteiger partial charge in [0.1, 0.15) is 6.29 Å². The van der Waals surface area contributed by atoms with Crippen LogP contribution in [0.15, 0.2) is 18.2 Å². The zero-order chi connectivity index (χ0) is 15.8. The summed E-state index contributed by atoms with van der Waals surface area (Å²) in [5.74, 6) is -0.558. The lowest BCUT2D eigenvalue weighted by Crippen LogP contribution is -2.38. The molecule has 0 heterocycles. The molecule has 0 aliphatic rings. The second-order valence-electron chi connectivity index (χ2n) is 4.15. The van der Waals surface area contributed by atoms with Crippen molar-refractivity contribution in [3.05, 3.63) is 33.9 Å². The van der Waals surface area contributed by atoms with Crippen molar-refractivity contribution in [1.29, 1.82) is 0 Å². The van der Waals surface area contributed by atoms with Gasteiger partial charge in [-0.05, 0) is 19.1 Å². The van der Waals surface area contributed by atoms with Crippen LogP contribution in [0.3, 0.4) is 0 Å². The lowest BCUT2D eigenvalue weighted by atomic mass is 10.2. The summed E-state index contributed by atoms with van der Waals surface area (Å²) in [7, 11) is 1.50. The van der Waals surface area contributed by atoms with E-state index in [1.165, 1.54) is 26.2 Å². The Morgan fingerprint density at radius 2 is 2.24 bits per heavy atom. The molecule has 8 nitrogen and oxygen atoms in total. The topological polar surface area (TPSA) is 108 Å². The van der Waals surface area contributed by atoms with Crippen LogP contribution in [0.1, 0.15) is 17.3 Å². The number of nitrogens with zero attached hydrogens (tertiary/aromatic N) is 1. The number of ether oxygens (including phenoxy) is 2. The van der Waals surface area contributed by atoms with E-state index in [1.54, 1.807) is 0 Å². The van der Waals surface area contributed by atoms with E-state index in [1.807, 2.05) is 0 Å². The first-order valence-corrected chi connectivity index (χ1v) is 6.16.